The van der Waals surface area contributed by atoms with Gasteiger partial charge in [0.15, 0.2) is 0 Å². The van der Waals surface area contributed by atoms with Crippen LogP contribution in [-0.4, -0.2) is 5.67 Å². The fourth-order valence-corrected chi connectivity index (χ4v) is 0.689. The van der Waals surface area contributed by atoms with Crippen molar-refractivity contribution in [2.45, 2.75) is 31.9 Å². The molecule has 1 aliphatic carbocycles. The molecule has 0 bridgehead atoms. The maximum Gasteiger partial charge on any atom is 0.114 e. The first-order chi connectivity index (χ1) is 3.27. The van der Waals surface area contributed by atoms with Crippen LogP contribution in [0.3, 0.4) is 0 Å². The zero-order chi connectivity index (χ0) is 5.33. The zero-order valence-corrected chi connectivity index (χ0v) is 4.58. The number of hydrogen-bond acceptors (Lipinski definition) is 0. The van der Waals surface area contributed by atoms with Crippen molar-refractivity contribution in [2.24, 2.45) is 0 Å². The lowest BCUT2D eigenvalue weighted by Crippen LogP contribution is -1.96. The summed E-state index contributed by atoms with van der Waals surface area (Å²) in [6.45, 7) is 1.97. The van der Waals surface area contributed by atoms with Crippen molar-refractivity contribution in [2.75, 3.05) is 0 Å². The van der Waals surface area contributed by atoms with Gasteiger partial charge in [-0.15, -0.1) is 0 Å². The van der Waals surface area contributed by atoms with Crippen molar-refractivity contribution in [3.63, 3.8) is 0 Å². The highest BCUT2D eigenvalue weighted by Gasteiger charge is 2.41. The topological polar surface area (TPSA) is 0 Å². The summed E-state index contributed by atoms with van der Waals surface area (Å²) >= 11 is 0. The molecule has 0 aromatic rings. The van der Waals surface area contributed by atoms with Crippen LogP contribution < -0.4 is 0 Å². The molecule has 7 heavy (non-hydrogen) atoms. The van der Waals surface area contributed by atoms with Crippen molar-refractivity contribution in [3.8, 4) is 0 Å². The van der Waals surface area contributed by atoms with E-state index in [1.807, 2.05) is 6.92 Å². The van der Waals surface area contributed by atoms with E-state index in [1.165, 1.54) is 0 Å². The maximum atomic E-state index is 12.4. The predicted molar refractivity (Wildman–Crippen MR) is 27.7 cm³/mol. The average molecular weight is 101 g/mol. The molecular formula is C6H10F. The third-order valence-electron chi connectivity index (χ3n) is 1.30. The summed E-state index contributed by atoms with van der Waals surface area (Å²) in [5.41, 5.74) is -0.825. The first-order valence-electron chi connectivity index (χ1n) is 2.80. The van der Waals surface area contributed by atoms with Crippen molar-refractivity contribution in [3.05, 3.63) is 6.42 Å². The number of halogens is 1. The molecule has 1 saturated carbocycles. The molecule has 0 unspecified atom stereocenters. The van der Waals surface area contributed by atoms with E-state index in [0.717, 1.165) is 19.3 Å². The summed E-state index contributed by atoms with van der Waals surface area (Å²) in [7, 11) is 0. The fourth-order valence-electron chi connectivity index (χ4n) is 0.689. The zero-order valence-electron chi connectivity index (χ0n) is 4.58. The van der Waals surface area contributed by atoms with Crippen LogP contribution in [0.4, 0.5) is 4.39 Å². The van der Waals surface area contributed by atoms with E-state index in [9.17, 15) is 4.39 Å². The Morgan fingerprint density at radius 2 is 2.29 bits per heavy atom. The molecule has 0 nitrogen and oxygen atoms in total. The van der Waals surface area contributed by atoms with E-state index in [-0.39, 0.29) is 0 Å². The van der Waals surface area contributed by atoms with Crippen LogP contribution in [0.2, 0.25) is 0 Å². The van der Waals surface area contributed by atoms with E-state index in [0.29, 0.717) is 0 Å². The smallest absolute Gasteiger partial charge is 0.114 e. The minimum atomic E-state index is -0.825. The molecule has 0 heterocycles. The van der Waals surface area contributed by atoms with Gasteiger partial charge in [0.1, 0.15) is 5.67 Å². The molecule has 1 heteroatoms. The Bertz CT molecular complexity index is 64.6. The van der Waals surface area contributed by atoms with Gasteiger partial charge in [0.05, 0.1) is 0 Å². The lowest BCUT2D eigenvalue weighted by molar-refractivity contribution is 0.349. The molecule has 0 aromatic carbocycles. The van der Waals surface area contributed by atoms with Gasteiger partial charge in [0.2, 0.25) is 0 Å². The average Bonchev–Trinajstić information content (AvgIpc) is 2.22. The van der Waals surface area contributed by atoms with Crippen LogP contribution in [0.25, 0.3) is 0 Å². The molecular weight excluding hydrogens is 91.1 g/mol. The number of hydrogen-bond donors (Lipinski definition) is 0. The van der Waals surface area contributed by atoms with Crippen molar-refractivity contribution < 1.29 is 4.39 Å². The van der Waals surface area contributed by atoms with E-state index in [1.54, 1.807) is 6.42 Å². The fraction of sp³-hybridized carbons (Fsp3) is 0.833. The second-order valence-electron chi connectivity index (χ2n) is 2.15. The highest BCUT2D eigenvalue weighted by atomic mass is 19.1. The molecule has 41 valence electrons. The van der Waals surface area contributed by atoms with Gasteiger partial charge >= 0.3 is 0 Å². The number of alkyl halides is 1. The SMILES string of the molecule is CC[CH]C1(F)CC1. The third-order valence-corrected chi connectivity index (χ3v) is 1.30. The monoisotopic (exact) mass is 101 g/mol. The summed E-state index contributed by atoms with van der Waals surface area (Å²) in [6, 6.07) is 0. The van der Waals surface area contributed by atoms with Gasteiger partial charge in [-0.25, -0.2) is 4.39 Å². The maximum absolute atomic E-state index is 12.4. The summed E-state index contributed by atoms with van der Waals surface area (Å²) < 4.78 is 12.4. The highest BCUT2D eigenvalue weighted by Crippen LogP contribution is 2.42. The Balaban J connectivity index is 2.13. The Kier molecular flexibility index (Phi) is 1.06. The molecule has 0 atom stereocenters. The summed E-state index contributed by atoms with van der Waals surface area (Å²) in [4.78, 5) is 0. The third kappa shape index (κ3) is 1.15. The largest absolute Gasteiger partial charge is 0.244 e. The number of rotatable bonds is 2. The molecule has 0 N–H and O–H groups in total. The Morgan fingerprint density at radius 1 is 1.71 bits per heavy atom. The van der Waals surface area contributed by atoms with Crippen molar-refractivity contribution in [1.29, 1.82) is 0 Å². The van der Waals surface area contributed by atoms with Crippen LogP contribution in [-0.2, 0) is 0 Å². The molecule has 0 spiro atoms. The molecule has 0 saturated heterocycles. The van der Waals surface area contributed by atoms with E-state index < -0.39 is 5.67 Å². The van der Waals surface area contributed by atoms with Gasteiger partial charge in [-0.3, -0.25) is 0 Å². The molecule has 0 aliphatic heterocycles. The van der Waals surface area contributed by atoms with E-state index in [4.69, 9.17) is 0 Å². The quantitative estimate of drug-likeness (QED) is 0.499. The predicted octanol–water partition coefficient (Wildman–Crippen LogP) is 2.10. The molecule has 0 amide bonds. The van der Waals surface area contributed by atoms with Gasteiger partial charge in [-0.1, -0.05) is 6.92 Å². The second kappa shape index (κ2) is 1.46. The van der Waals surface area contributed by atoms with Gasteiger partial charge in [0, 0.05) is 0 Å². The van der Waals surface area contributed by atoms with Crippen LogP contribution in [0.15, 0.2) is 0 Å². The Hall–Kier alpha value is -0.0700. The summed E-state index contributed by atoms with van der Waals surface area (Å²) in [5, 5.41) is 0. The van der Waals surface area contributed by atoms with Gasteiger partial charge in [-0.05, 0) is 25.7 Å². The van der Waals surface area contributed by atoms with Gasteiger partial charge in [-0.2, -0.15) is 0 Å². The second-order valence-corrected chi connectivity index (χ2v) is 2.15. The summed E-state index contributed by atoms with van der Waals surface area (Å²) in [5.74, 6) is 0. The first kappa shape index (κ1) is 5.07. The van der Waals surface area contributed by atoms with Crippen LogP contribution in [0.1, 0.15) is 26.2 Å². The Labute approximate surface area is 43.7 Å². The van der Waals surface area contributed by atoms with E-state index >= 15 is 0 Å². The molecule has 1 fully saturated rings. The summed E-state index contributed by atoms with van der Waals surface area (Å²) in [6.07, 6.45) is 4.16. The minimum absolute atomic E-state index is 0.765. The highest BCUT2D eigenvalue weighted by molar-refractivity contribution is 5.04. The first-order valence-corrected chi connectivity index (χ1v) is 2.80. The van der Waals surface area contributed by atoms with E-state index in [2.05, 4.69) is 0 Å². The standard InChI is InChI=1S/C6H10F/c1-2-3-6(7)4-5-6/h3H,2,4-5H2,1H3. The van der Waals surface area contributed by atoms with Crippen molar-refractivity contribution >= 4 is 0 Å². The van der Waals surface area contributed by atoms with Crippen molar-refractivity contribution in [1.82, 2.24) is 0 Å². The minimum Gasteiger partial charge on any atom is -0.244 e. The van der Waals surface area contributed by atoms with Crippen LogP contribution >= 0.6 is 0 Å². The van der Waals surface area contributed by atoms with Gasteiger partial charge < -0.3 is 0 Å². The Morgan fingerprint density at radius 3 is 2.43 bits per heavy atom. The normalized spacial score (nSPS) is 24.9. The molecule has 0 aromatic heterocycles. The van der Waals surface area contributed by atoms with Crippen LogP contribution in [0, 0.1) is 6.42 Å². The molecule has 1 rings (SSSR count). The molecule has 1 radical (unpaired) electrons. The lowest BCUT2D eigenvalue weighted by Gasteiger charge is -1.96. The van der Waals surface area contributed by atoms with Crippen LogP contribution in [0.5, 0.6) is 0 Å². The van der Waals surface area contributed by atoms with Gasteiger partial charge in [0.25, 0.3) is 0 Å². The lowest BCUT2D eigenvalue weighted by atomic mass is 10.2. The molecule has 1 aliphatic rings.